The van der Waals surface area contributed by atoms with Crippen LogP contribution in [-0.4, -0.2) is 11.2 Å². The molecule has 0 aliphatic heterocycles. The lowest BCUT2D eigenvalue weighted by molar-refractivity contribution is 0.152. The highest BCUT2D eigenvalue weighted by Gasteiger charge is 2.02. The van der Waals surface area contributed by atoms with E-state index < -0.39 is 0 Å². The van der Waals surface area contributed by atoms with Crippen LogP contribution in [0.3, 0.4) is 0 Å². The summed E-state index contributed by atoms with van der Waals surface area (Å²) < 4.78 is 1.14. The van der Waals surface area contributed by atoms with Gasteiger partial charge in [-0.1, -0.05) is 26.3 Å². The Kier molecular flexibility index (Phi) is 7.38. The molecular formula is C9H17IO. The summed E-state index contributed by atoms with van der Waals surface area (Å²) in [6, 6.07) is 0. The zero-order valence-corrected chi connectivity index (χ0v) is 9.30. The Morgan fingerprint density at radius 2 is 2.18 bits per heavy atom. The molecule has 0 aliphatic rings. The zero-order chi connectivity index (χ0) is 8.69. The van der Waals surface area contributed by atoms with Gasteiger partial charge in [0.05, 0.1) is 6.10 Å². The van der Waals surface area contributed by atoms with Crippen molar-refractivity contribution in [3.05, 3.63) is 10.2 Å². The maximum Gasteiger partial charge on any atom is 0.0543 e. The van der Waals surface area contributed by atoms with Crippen LogP contribution in [0.25, 0.3) is 0 Å². The molecule has 0 fully saturated rings. The number of rotatable bonds is 6. The fourth-order valence-corrected chi connectivity index (χ4v) is 1.22. The van der Waals surface area contributed by atoms with E-state index in [1.807, 2.05) is 0 Å². The van der Waals surface area contributed by atoms with Crippen LogP contribution in [0.1, 0.15) is 39.0 Å². The van der Waals surface area contributed by atoms with E-state index in [1.54, 1.807) is 0 Å². The molecule has 0 aromatic carbocycles. The van der Waals surface area contributed by atoms with Crippen LogP contribution < -0.4 is 0 Å². The zero-order valence-electron chi connectivity index (χ0n) is 7.15. The van der Waals surface area contributed by atoms with Crippen molar-refractivity contribution >= 4 is 22.6 Å². The molecule has 2 heteroatoms. The second-order valence-corrected chi connectivity index (χ2v) is 4.38. The third kappa shape index (κ3) is 8.34. The first kappa shape index (κ1) is 11.4. The number of hydrogen-bond donors (Lipinski definition) is 1. The highest BCUT2D eigenvalue weighted by atomic mass is 127. The van der Waals surface area contributed by atoms with Crippen LogP contribution in [0.2, 0.25) is 0 Å². The van der Waals surface area contributed by atoms with Crippen LogP contribution in [0.5, 0.6) is 0 Å². The molecule has 0 amide bonds. The molecule has 66 valence electrons. The third-order valence-electron chi connectivity index (χ3n) is 1.64. The minimum Gasteiger partial charge on any atom is -0.393 e. The molecule has 1 nitrogen and oxygen atoms in total. The Bertz CT molecular complexity index is 112. The van der Waals surface area contributed by atoms with Gasteiger partial charge in [-0.05, 0) is 45.4 Å². The summed E-state index contributed by atoms with van der Waals surface area (Å²) >= 11 is 2.21. The van der Waals surface area contributed by atoms with E-state index in [0.29, 0.717) is 0 Å². The summed E-state index contributed by atoms with van der Waals surface area (Å²) in [6.45, 7) is 5.93. The largest absolute Gasteiger partial charge is 0.393 e. The van der Waals surface area contributed by atoms with Crippen molar-refractivity contribution in [2.45, 2.75) is 45.1 Å². The first-order valence-corrected chi connectivity index (χ1v) is 5.26. The Labute approximate surface area is 83.0 Å². The second-order valence-electron chi connectivity index (χ2n) is 2.85. The summed E-state index contributed by atoms with van der Waals surface area (Å²) in [6.07, 6.45) is 4.96. The quantitative estimate of drug-likeness (QED) is 0.733. The molecule has 0 spiro atoms. The van der Waals surface area contributed by atoms with Crippen LogP contribution in [0.15, 0.2) is 10.2 Å². The van der Waals surface area contributed by atoms with Gasteiger partial charge in [-0.2, -0.15) is 0 Å². The van der Waals surface area contributed by atoms with Crippen LogP contribution >= 0.6 is 22.6 Å². The van der Waals surface area contributed by atoms with Crippen molar-refractivity contribution < 1.29 is 5.11 Å². The van der Waals surface area contributed by atoms with Crippen molar-refractivity contribution in [3.63, 3.8) is 0 Å². The number of allylic oxidation sites excluding steroid dienone is 1. The summed E-state index contributed by atoms with van der Waals surface area (Å²) in [5.41, 5.74) is 0. The third-order valence-corrected chi connectivity index (χ3v) is 2.18. The van der Waals surface area contributed by atoms with Crippen molar-refractivity contribution in [3.8, 4) is 0 Å². The van der Waals surface area contributed by atoms with Crippen LogP contribution in [0.4, 0.5) is 0 Å². The first-order chi connectivity index (χ1) is 5.16. The smallest absolute Gasteiger partial charge is 0.0543 e. The van der Waals surface area contributed by atoms with Gasteiger partial charge in [0, 0.05) is 0 Å². The fourth-order valence-electron chi connectivity index (χ4n) is 0.907. The molecule has 0 saturated heterocycles. The van der Waals surface area contributed by atoms with E-state index in [1.165, 1.54) is 6.42 Å². The van der Waals surface area contributed by atoms with Gasteiger partial charge >= 0.3 is 0 Å². The lowest BCUT2D eigenvalue weighted by atomic mass is 10.1. The minimum atomic E-state index is -0.110. The van der Waals surface area contributed by atoms with Crippen LogP contribution in [-0.2, 0) is 0 Å². The lowest BCUT2D eigenvalue weighted by Gasteiger charge is -2.08. The average Bonchev–Trinajstić information content (AvgIpc) is 1.97. The molecule has 0 saturated carbocycles. The molecule has 0 aromatic heterocycles. The molecule has 11 heavy (non-hydrogen) atoms. The molecule has 1 N–H and O–H groups in total. The Morgan fingerprint density at radius 1 is 1.55 bits per heavy atom. The van der Waals surface area contributed by atoms with E-state index >= 15 is 0 Å². The molecule has 1 atom stereocenters. The molecule has 0 rings (SSSR count). The Balaban J connectivity index is 3.22. The van der Waals surface area contributed by atoms with E-state index in [0.717, 1.165) is 29.3 Å². The van der Waals surface area contributed by atoms with Crippen molar-refractivity contribution in [1.29, 1.82) is 0 Å². The van der Waals surface area contributed by atoms with Crippen molar-refractivity contribution in [2.24, 2.45) is 0 Å². The molecule has 0 heterocycles. The highest BCUT2D eigenvalue weighted by Crippen LogP contribution is 2.14. The average molecular weight is 268 g/mol. The molecule has 0 radical (unpaired) electrons. The van der Waals surface area contributed by atoms with Crippen molar-refractivity contribution in [1.82, 2.24) is 0 Å². The lowest BCUT2D eigenvalue weighted by Crippen LogP contribution is -2.05. The van der Waals surface area contributed by atoms with Gasteiger partial charge in [-0.15, -0.1) is 0 Å². The van der Waals surface area contributed by atoms with Gasteiger partial charge in [0.15, 0.2) is 0 Å². The molecule has 0 aliphatic carbocycles. The number of aliphatic hydroxyl groups excluding tert-OH is 1. The minimum absolute atomic E-state index is 0.110. The normalized spacial score (nSPS) is 13.0. The standard InChI is InChI=1S/C9H17IO/c1-3-4-5-9(11)7-6-8(2)10/h9,11H,2-7H2,1H3. The first-order valence-electron chi connectivity index (χ1n) is 4.18. The number of unbranched alkanes of at least 4 members (excludes halogenated alkanes) is 1. The molecule has 0 aromatic rings. The van der Waals surface area contributed by atoms with Gasteiger partial charge in [0.1, 0.15) is 0 Å². The van der Waals surface area contributed by atoms with Gasteiger partial charge in [0.2, 0.25) is 0 Å². The van der Waals surface area contributed by atoms with Gasteiger partial charge < -0.3 is 5.11 Å². The van der Waals surface area contributed by atoms with E-state index in [-0.39, 0.29) is 6.10 Å². The number of aliphatic hydroxyl groups is 1. The summed E-state index contributed by atoms with van der Waals surface area (Å²) in [7, 11) is 0. The van der Waals surface area contributed by atoms with Crippen LogP contribution in [0, 0.1) is 0 Å². The monoisotopic (exact) mass is 268 g/mol. The van der Waals surface area contributed by atoms with E-state index in [2.05, 4.69) is 36.1 Å². The van der Waals surface area contributed by atoms with E-state index in [9.17, 15) is 5.11 Å². The van der Waals surface area contributed by atoms with Crippen molar-refractivity contribution in [2.75, 3.05) is 0 Å². The maximum absolute atomic E-state index is 9.38. The Morgan fingerprint density at radius 3 is 2.64 bits per heavy atom. The predicted octanol–water partition coefficient (Wildman–Crippen LogP) is 3.27. The highest BCUT2D eigenvalue weighted by molar-refractivity contribution is 14.1. The summed E-state index contributed by atoms with van der Waals surface area (Å²) in [4.78, 5) is 0. The van der Waals surface area contributed by atoms with Gasteiger partial charge in [0.25, 0.3) is 0 Å². The molecule has 0 bridgehead atoms. The number of hydrogen-bond acceptors (Lipinski definition) is 1. The maximum atomic E-state index is 9.38. The summed E-state index contributed by atoms with van der Waals surface area (Å²) in [5, 5.41) is 9.38. The fraction of sp³-hybridized carbons (Fsp3) is 0.778. The SMILES string of the molecule is C=C(I)CCC(O)CCCC. The van der Waals surface area contributed by atoms with E-state index in [4.69, 9.17) is 0 Å². The Hall–Kier alpha value is 0.430. The summed E-state index contributed by atoms with van der Waals surface area (Å²) in [5.74, 6) is 0. The molecule has 1 unspecified atom stereocenters. The predicted molar refractivity (Wildman–Crippen MR) is 57.9 cm³/mol. The topological polar surface area (TPSA) is 20.2 Å². The molecular weight excluding hydrogens is 251 g/mol. The second kappa shape index (κ2) is 7.10. The van der Waals surface area contributed by atoms with Gasteiger partial charge in [-0.25, -0.2) is 0 Å². The number of halogens is 1. The van der Waals surface area contributed by atoms with Gasteiger partial charge in [-0.3, -0.25) is 0 Å².